The van der Waals surface area contributed by atoms with E-state index in [9.17, 15) is 0 Å². The Kier molecular flexibility index (Phi) is 6.43. The van der Waals surface area contributed by atoms with Crippen LogP contribution in [0.3, 0.4) is 0 Å². The van der Waals surface area contributed by atoms with Gasteiger partial charge < -0.3 is 4.74 Å². The molecule has 0 saturated heterocycles. The van der Waals surface area contributed by atoms with Gasteiger partial charge in [-0.15, -0.1) is 0 Å². The van der Waals surface area contributed by atoms with Gasteiger partial charge in [-0.25, -0.2) is 4.98 Å². The first-order valence-corrected chi connectivity index (χ1v) is 17.1. The first-order valence-electron chi connectivity index (χ1n) is 17.1. The maximum absolute atomic E-state index is 6.56. The van der Waals surface area contributed by atoms with Gasteiger partial charge in [-0.3, -0.25) is 0 Å². The molecule has 0 radical (unpaired) electrons. The van der Waals surface area contributed by atoms with Crippen LogP contribution < -0.4 is 4.74 Å². The quantitative estimate of drug-likeness (QED) is 0.192. The summed E-state index contributed by atoms with van der Waals surface area (Å²) >= 11 is 0. The predicted octanol–water partition coefficient (Wildman–Crippen LogP) is 12.2. The third-order valence-corrected chi connectivity index (χ3v) is 10.4. The molecule has 0 atom stereocenters. The van der Waals surface area contributed by atoms with E-state index >= 15 is 0 Å². The lowest BCUT2D eigenvalue weighted by atomic mass is 9.66. The zero-order valence-electron chi connectivity index (χ0n) is 27.3. The number of aromatic nitrogens is 1. The van der Waals surface area contributed by atoms with E-state index in [1.807, 2.05) is 0 Å². The number of hydrogen-bond donors (Lipinski definition) is 0. The van der Waals surface area contributed by atoms with Crippen molar-refractivity contribution in [3.05, 3.63) is 210 Å². The molecular weight excluding hydrogens is 607 g/mol. The lowest BCUT2D eigenvalue weighted by Gasteiger charge is -2.39. The highest BCUT2D eigenvalue weighted by Gasteiger charge is 2.51. The largest absolute Gasteiger partial charge is 0.457 e. The smallest absolute Gasteiger partial charge is 0.132 e. The van der Waals surface area contributed by atoms with Gasteiger partial charge in [0.2, 0.25) is 0 Å². The Morgan fingerprint density at radius 1 is 0.320 bits per heavy atom. The van der Waals surface area contributed by atoms with Crippen LogP contribution in [0.2, 0.25) is 0 Å². The van der Waals surface area contributed by atoms with E-state index in [0.29, 0.717) is 0 Å². The second kappa shape index (κ2) is 11.3. The molecular formula is C48H31NO. The third kappa shape index (κ3) is 4.32. The van der Waals surface area contributed by atoms with Crippen molar-refractivity contribution < 1.29 is 4.74 Å². The molecule has 7 aromatic carbocycles. The summed E-state index contributed by atoms with van der Waals surface area (Å²) in [5.74, 6) is 1.79. The number of nitrogens with zero attached hydrogens (tertiary/aromatic N) is 1. The van der Waals surface area contributed by atoms with Crippen molar-refractivity contribution in [3.8, 4) is 67.4 Å². The lowest BCUT2D eigenvalue weighted by Crippen LogP contribution is -2.32. The standard InChI is InChI=1S/C48H31NO/c1-3-13-32(14-4-1)34-23-25-35(26-24-34)44-30-37(33-15-5-2-6-16-33)31-45(49-44)36-27-28-39-38-17-7-8-18-40(38)48(43(39)29-36)41-19-9-11-21-46(41)50-47-22-12-10-20-42(47)48/h1-31H. The molecule has 1 aromatic heterocycles. The molecule has 50 heavy (non-hydrogen) atoms. The molecule has 0 amide bonds. The summed E-state index contributed by atoms with van der Waals surface area (Å²) < 4.78 is 6.56. The fourth-order valence-corrected chi connectivity index (χ4v) is 8.10. The second-order valence-electron chi connectivity index (χ2n) is 13.1. The Morgan fingerprint density at radius 3 is 1.44 bits per heavy atom. The molecule has 8 aromatic rings. The third-order valence-electron chi connectivity index (χ3n) is 10.4. The minimum absolute atomic E-state index is 0.527. The van der Waals surface area contributed by atoms with Gasteiger partial charge in [-0.2, -0.15) is 0 Å². The number of benzene rings is 7. The molecule has 2 heterocycles. The van der Waals surface area contributed by atoms with Crippen LogP contribution in [0, 0.1) is 0 Å². The summed E-state index contributed by atoms with van der Waals surface area (Å²) in [5, 5.41) is 0. The van der Waals surface area contributed by atoms with Crippen molar-refractivity contribution in [2.45, 2.75) is 5.41 Å². The van der Waals surface area contributed by atoms with Crippen molar-refractivity contribution in [1.29, 1.82) is 0 Å². The fourth-order valence-electron chi connectivity index (χ4n) is 8.10. The lowest BCUT2D eigenvalue weighted by molar-refractivity contribution is 0.436. The van der Waals surface area contributed by atoms with E-state index in [4.69, 9.17) is 9.72 Å². The minimum Gasteiger partial charge on any atom is -0.457 e. The highest BCUT2D eigenvalue weighted by molar-refractivity contribution is 5.90. The summed E-state index contributed by atoms with van der Waals surface area (Å²) in [6, 6.07) is 67.1. The van der Waals surface area contributed by atoms with Gasteiger partial charge in [0, 0.05) is 22.3 Å². The molecule has 0 fully saturated rings. The van der Waals surface area contributed by atoms with Crippen molar-refractivity contribution in [2.24, 2.45) is 0 Å². The van der Waals surface area contributed by atoms with Gasteiger partial charge in [-0.1, -0.05) is 158 Å². The van der Waals surface area contributed by atoms with E-state index < -0.39 is 5.41 Å². The molecule has 10 rings (SSSR count). The van der Waals surface area contributed by atoms with E-state index in [-0.39, 0.29) is 0 Å². The molecule has 0 saturated carbocycles. The van der Waals surface area contributed by atoms with Crippen molar-refractivity contribution >= 4 is 0 Å². The van der Waals surface area contributed by atoms with Gasteiger partial charge in [-0.05, 0) is 74.8 Å². The van der Waals surface area contributed by atoms with Crippen molar-refractivity contribution in [2.75, 3.05) is 0 Å². The number of rotatable bonds is 4. The van der Waals surface area contributed by atoms with Gasteiger partial charge in [0.15, 0.2) is 0 Å². The molecule has 0 bridgehead atoms. The zero-order chi connectivity index (χ0) is 33.1. The molecule has 1 aliphatic heterocycles. The Morgan fingerprint density at radius 2 is 0.780 bits per heavy atom. The zero-order valence-corrected chi connectivity index (χ0v) is 27.3. The maximum atomic E-state index is 6.56. The van der Waals surface area contributed by atoms with Crippen LogP contribution in [0.4, 0.5) is 0 Å². The Balaban J connectivity index is 1.19. The maximum Gasteiger partial charge on any atom is 0.132 e. The van der Waals surface area contributed by atoms with Gasteiger partial charge in [0.05, 0.1) is 16.8 Å². The SMILES string of the molecule is c1ccc(-c2ccc(-c3cc(-c4ccccc4)cc(-c4ccc5c(c4)C4(c6ccccc6Oc6ccccc64)c4ccccc4-5)n3)cc2)cc1. The average Bonchev–Trinajstić information content (AvgIpc) is 3.48. The number of para-hydroxylation sites is 2. The molecule has 234 valence electrons. The minimum atomic E-state index is -0.527. The van der Waals surface area contributed by atoms with Crippen LogP contribution in [0.25, 0.3) is 55.9 Å². The number of hydrogen-bond acceptors (Lipinski definition) is 2. The van der Waals surface area contributed by atoms with Crippen LogP contribution in [0.15, 0.2) is 188 Å². The molecule has 2 heteroatoms. The van der Waals surface area contributed by atoms with Crippen LogP contribution >= 0.6 is 0 Å². The van der Waals surface area contributed by atoms with E-state index in [1.54, 1.807) is 0 Å². The van der Waals surface area contributed by atoms with Gasteiger partial charge in [0.25, 0.3) is 0 Å². The summed E-state index contributed by atoms with van der Waals surface area (Å²) in [4.78, 5) is 5.37. The summed E-state index contributed by atoms with van der Waals surface area (Å²) in [7, 11) is 0. The Hall–Kier alpha value is -6.51. The predicted molar refractivity (Wildman–Crippen MR) is 203 cm³/mol. The van der Waals surface area contributed by atoms with E-state index in [2.05, 4.69) is 188 Å². The number of fused-ring (bicyclic) bond motifs is 9. The van der Waals surface area contributed by atoms with E-state index in [0.717, 1.165) is 56.3 Å². The first kappa shape index (κ1) is 28.5. The fraction of sp³-hybridized carbons (Fsp3) is 0.0208. The molecule has 2 aliphatic rings. The van der Waals surface area contributed by atoms with Crippen LogP contribution in [-0.4, -0.2) is 4.98 Å². The topological polar surface area (TPSA) is 22.1 Å². The summed E-state index contributed by atoms with van der Waals surface area (Å²) in [6.07, 6.45) is 0. The Bertz CT molecular complexity index is 2510. The molecule has 1 spiro atoms. The first-order chi connectivity index (χ1) is 24.8. The van der Waals surface area contributed by atoms with Crippen LogP contribution in [0.5, 0.6) is 11.5 Å². The van der Waals surface area contributed by atoms with Crippen molar-refractivity contribution in [1.82, 2.24) is 4.98 Å². The van der Waals surface area contributed by atoms with Crippen molar-refractivity contribution in [3.63, 3.8) is 0 Å². The van der Waals surface area contributed by atoms with Crippen LogP contribution in [0.1, 0.15) is 22.3 Å². The molecule has 0 N–H and O–H groups in total. The number of ether oxygens (including phenoxy) is 1. The van der Waals surface area contributed by atoms with Gasteiger partial charge >= 0.3 is 0 Å². The monoisotopic (exact) mass is 637 g/mol. The number of pyridine rings is 1. The highest BCUT2D eigenvalue weighted by Crippen LogP contribution is 2.62. The average molecular weight is 638 g/mol. The molecule has 2 nitrogen and oxygen atoms in total. The van der Waals surface area contributed by atoms with E-state index in [1.165, 1.54) is 33.4 Å². The van der Waals surface area contributed by atoms with Crippen LogP contribution in [-0.2, 0) is 5.41 Å². The molecule has 0 unspecified atom stereocenters. The Labute approximate surface area is 292 Å². The second-order valence-corrected chi connectivity index (χ2v) is 13.1. The van der Waals surface area contributed by atoms with Gasteiger partial charge in [0.1, 0.15) is 11.5 Å². The highest BCUT2D eigenvalue weighted by atomic mass is 16.5. The summed E-state index contributed by atoms with van der Waals surface area (Å²) in [5.41, 5.74) is 15.6. The molecule has 1 aliphatic carbocycles. The summed E-state index contributed by atoms with van der Waals surface area (Å²) in [6.45, 7) is 0. The normalized spacial score (nSPS) is 13.1.